The molecule has 1 amide bonds. The van der Waals surface area contributed by atoms with E-state index in [4.69, 9.17) is 5.11 Å². The van der Waals surface area contributed by atoms with Crippen LogP contribution < -0.4 is 5.32 Å². The molecule has 13 heavy (non-hydrogen) atoms. The lowest BCUT2D eigenvalue weighted by Gasteiger charge is -2.05. The first-order valence-corrected chi connectivity index (χ1v) is 3.82. The lowest BCUT2D eigenvalue weighted by atomic mass is 10.1. The van der Waals surface area contributed by atoms with Crippen LogP contribution in [0.1, 0.15) is 11.1 Å². The molecule has 0 fully saturated rings. The van der Waals surface area contributed by atoms with Crippen LogP contribution in [0, 0.1) is 12.7 Å². The van der Waals surface area contributed by atoms with E-state index in [1.165, 1.54) is 6.07 Å². The highest BCUT2D eigenvalue weighted by Gasteiger charge is 2.03. The molecule has 0 radical (unpaired) electrons. The molecule has 1 aromatic rings. The summed E-state index contributed by atoms with van der Waals surface area (Å²) in [7, 11) is 0. The van der Waals surface area contributed by atoms with E-state index in [0.717, 1.165) is 0 Å². The normalized spacial score (nSPS) is 9.69. The third-order valence-electron chi connectivity index (χ3n) is 1.81. The molecule has 0 bridgehead atoms. The van der Waals surface area contributed by atoms with Gasteiger partial charge in [-0.25, -0.2) is 9.18 Å². The Bertz CT molecular complexity index is 325. The molecule has 0 spiro atoms. The van der Waals surface area contributed by atoms with Gasteiger partial charge in [0.15, 0.2) is 0 Å². The standard InChI is InChI=1S/C9H10FNO2/c1-6-7(5-11-9(12)13)3-2-4-8(6)10/h2-4,11H,5H2,1H3,(H,12,13). The van der Waals surface area contributed by atoms with Gasteiger partial charge in [0, 0.05) is 6.54 Å². The fraction of sp³-hybridized carbons (Fsp3) is 0.222. The van der Waals surface area contributed by atoms with E-state index in [9.17, 15) is 9.18 Å². The number of carbonyl (C=O) groups is 1. The number of rotatable bonds is 2. The Morgan fingerprint density at radius 3 is 2.92 bits per heavy atom. The van der Waals surface area contributed by atoms with Crippen molar-refractivity contribution in [3.8, 4) is 0 Å². The molecular weight excluding hydrogens is 173 g/mol. The quantitative estimate of drug-likeness (QED) is 0.735. The average molecular weight is 183 g/mol. The fourth-order valence-corrected chi connectivity index (χ4v) is 1.01. The summed E-state index contributed by atoms with van der Waals surface area (Å²) in [6, 6.07) is 4.59. The number of hydrogen-bond donors (Lipinski definition) is 2. The van der Waals surface area contributed by atoms with E-state index in [-0.39, 0.29) is 12.4 Å². The lowest BCUT2D eigenvalue weighted by molar-refractivity contribution is 0.194. The predicted molar refractivity (Wildman–Crippen MR) is 46.0 cm³/mol. The summed E-state index contributed by atoms with van der Waals surface area (Å²) in [5, 5.41) is 10.5. The van der Waals surface area contributed by atoms with E-state index >= 15 is 0 Å². The molecule has 0 saturated heterocycles. The smallest absolute Gasteiger partial charge is 0.404 e. The average Bonchev–Trinajstić information content (AvgIpc) is 2.07. The second-order valence-corrected chi connectivity index (χ2v) is 2.68. The number of carboxylic acid groups (broad SMARTS) is 1. The maximum atomic E-state index is 12.9. The SMILES string of the molecule is Cc1c(F)cccc1CNC(=O)O. The van der Waals surface area contributed by atoms with Gasteiger partial charge in [-0.2, -0.15) is 0 Å². The molecule has 0 aliphatic carbocycles. The number of hydrogen-bond acceptors (Lipinski definition) is 1. The molecule has 0 aliphatic heterocycles. The maximum Gasteiger partial charge on any atom is 0.404 e. The van der Waals surface area contributed by atoms with Crippen molar-refractivity contribution in [2.24, 2.45) is 0 Å². The van der Waals surface area contributed by atoms with Crippen molar-refractivity contribution >= 4 is 6.09 Å². The van der Waals surface area contributed by atoms with Gasteiger partial charge in [-0.3, -0.25) is 0 Å². The molecule has 0 saturated carbocycles. The summed E-state index contributed by atoms with van der Waals surface area (Å²) in [6.07, 6.45) is -1.11. The summed E-state index contributed by atoms with van der Waals surface area (Å²) < 4.78 is 12.9. The fourth-order valence-electron chi connectivity index (χ4n) is 1.01. The van der Waals surface area contributed by atoms with Gasteiger partial charge >= 0.3 is 6.09 Å². The molecule has 0 aliphatic rings. The van der Waals surface area contributed by atoms with Gasteiger partial charge in [-0.1, -0.05) is 12.1 Å². The summed E-state index contributed by atoms with van der Waals surface area (Å²) >= 11 is 0. The predicted octanol–water partition coefficient (Wildman–Crippen LogP) is 1.90. The number of amides is 1. The molecule has 0 aromatic heterocycles. The minimum atomic E-state index is -1.11. The van der Waals surface area contributed by atoms with Gasteiger partial charge in [-0.15, -0.1) is 0 Å². The molecule has 0 atom stereocenters. The van der Waals surface area contributed by atoms with Crippen LogP contribution in [0.4, 0.5) is 9.18 Å². The van der Waals surface area contributed by atoms with Gasteiger partial charge in [0.2, 0.25) is 0 Å². The molecule has 70 valence electrons. The van der Waals surface area contributed by atoms with Crippen LogP contribution >= 0.6 is 0 Å². The summed E-state index contributed by atoms with van der Waals surface area (Å²) in [6.45, 7) is 1.76. The van der Waals surface area contributed by atoms with Crippen LogP contribution in [-0.4, -0.2) is 11.2 Å². The lowest BCUT2D eigenvalue weighted by Crippen LogP contribution is -2.20. The minimum absolute atomic E-state index is 0.138. The molecule has 1 rings (SSSR count). The highest BCUT2D eigenvalue weighted by atomic mass is 19.1. The van der Waals surface area contributed by atoms with E-state index in [2.05, 4.69) is 5.32 Å². The Labute approximate surface area is 75.2 Å². The molecule has 1 aromatic carbocycles. The maximum absolute atomic E-state index is 12.9. The Morgan fingerprint density at radius 1 is 1.62 bits per heavy atom. The van der Waals surface area contributed by atoms with E-state index in [1.54, 1.807) is 19.1 Å². The first-order chi connectivity index (χ1) is 6.11. The molecule has 0 heterocycles. The number of halogens is 1. The van der Waals surface area contributed by atoms with Gasteiger partial charge < -0.3 is 10.4 Å². The third-order valence-corrected chi connectivity index (χ3v) is 1.81. The van der Waals surface area contributed by atoms with E-state index in [0.29, 0.717) is 11.1 Å². The van der Waals surface area contributed by atoms with Crippen molar-refractivity contribution in [2.75, 3.05) is 0 Å². The van der Waals surface area contributed by atoms with Crippen molar-refractivity contribution < 1.29 is 14.3 Å². The third kappa shape index (κ3) is 2.43. The van der Waals surface area contributed by atoms with Crippen LogP contribution in [0.15, 0.2) is 18.2 Å². The van der Waals surface area contributed by atoms with Crippen molar-refractivity contribution in [3.05, 3.63) is 35.1 Å². The summed E-state index contributed by atoms with van der Waals surface area (Å²) in [4.78, 5) is 10.2. The molecule has 4 heteroatoms. The Hall–Kier alpha value is -1.58. The number of benzene rings is 1. The van der Waals surface area contributed by atoms with Gasteiger partial charge in [0.25, 0.3) is 0 Å². The van der Waals surface area contributed by atoms with Crippen molar-refractivity contribution in [2.45, 2.75) is 13.5 Å². The molecule has 0 unspecified atom stereocenters. The first kappa shape index (κ1) is 9.51. The minimum Gasteiger partial charge on any atom is -0.465 e. The van der Waals surface area contributed by atoms with Crippen molar-refractivity contribution in [1.29, 1.82) is 0 Å². The Kier molecular flexibility index (Phi) is 2.84. The molecule has 3 nitrogen and oxygen atoms in total. The largest absolute Gasteiger partial charge is 0.465 e. The second kappa shape index (κ2) is 3.89. The zero-order valence-electron chi connectivity index (χ0n) is 7.17. The topological polar surface area (TPSA) is 49.3 Å². The van der Waals surface area contributed by atoms with Gasteiger partial charge in [-0.05, 0) is 24.1 Å². The van der Waals surface area contributed by atoms with Crippen LogP contribution in [0.2, 0.25) is 0 Å². The zero-order chi connectivity index (χ0) is 9.84. The second-order valence-electron chi connectivity index (χ2n) is 2.68. The Balaban J connectivity index is 2.77. The van der Waals surface area contributed by atoms with Crippen LogP contribution in [0.3, 0.4) is 0 Å². The highest BCUT2D eigenvalue weighted by Crippen LogP contribution is 2.11. The van der Waals surface area contributed by atoms with Crippen LogP contribution in [0.25, 0.3) is 0 Å². The number of nitrogens with one attached hydrogen (secondary N) is 1. The summed E-state index contributed by atoms with van der Waals surface area (Å²) in [5.74, 6) is -0.315. The summed E-state index contributed by atoms with van der Waals surface area (Å²) in [5.41, 5.74) is 1.14. The molecular formula is C9H10FNO2. The van der Waals surface area contributed by atoms with Gasteiger partial charge in [0.1, 0.15) is 5.82 Å². The zero-order valence-corrected chi connectivity index (χ0v) is 7.17. The van der Waals surface area contributed by atoms with Crippen LogP contribution in [0.5, 0.6) is 0 Å². The van der Waals surface area contributed by atoms with E-state index < -0.39 is 6.09 Å². The van der Waals surface area contributed by atoms with Crippen molar-refractivity contribution in [1.82, 2.24) is 5.32 Å². The van der Waals surface area contributed by atoms with Gasteiger partial charge in [0.05, 0.1) is 0 Å². The monoisotopic (exact) mass is 183 g/mol. The highest BCUT2D eigenvalue weighted by molar-refractivity contribution is 5.64. The Morgan fingerprint density at radius 2 is 2.31 bits per heavy atom. The van der Waals surface area contributed by atoms with Crippen LogP contribution in [-0.2, 0) is 6.54 Å². The first-order valence-electron chi connectivity index (χ1n) is 3.82. The van der Waals surface area contributed by atoms with E-state index in [1.807, 2.05) is 0 Å². The molecule has 2 N–H and O–H groups in total. The van der Waals surface area contributed by atoms with Crippen molar-refractivity contribution in [3.63, 3.8) is 0 Å².